The highest BCUT2D eigenvalue weighted by Gasteiger charge is 2.19. The number of nitro groups is 1. The van der Waals surface area contributed by atoms with Gasteiger partial charge in [0.25, 0.3) is 11.6 Å². The molecular formula is C22H20ClN5O4S. The number of amides is 1. The number of thiazole rings is 1. The number of nitro benzene ring substituents is 1. The molecule has 0 aliphatic carbocycles. The molecule has 0 saturated carbocycles. The highest BCUT2D eigenvalue weighted by molar-refractivity contribution is 7.07. The molecule has 170 valence electrons. The van der Waals surface area contributed by atoms with Crippen LogP contribution in [0.5, 0.6) is 5.75 Å². The molecule has 2 heterocycles. The first-order valence-electron chi connectivity index (χ1n) is 10.0. The van der Waals surface area contributed by atoms with Crippen molar-refractivity contribution in [3.05, 3.63) is 67.3 Å². The molecule has 0 atom stereocenters. The molecule has 3 aromatic rings. The lowest BCUT2D eigenvalue weighted by molar-refractivity contribution is -0.384. The van der Waals surface area contributed by atoms with E-state index < -0.39 is 4.92 Å². The van der Waals surface area contributed by atoms with E-state index in [0.29, 0.717) is 27.5 Å². The maximum absolute atomic E-state index is 11.7. The van der Waals surface area contributed by atoms with Crippen LogP contribution < -0.4 is 14.9 Å². The van der Waals surface area contributed by atoms with Gasteiger partial charge in [-0.1, -0.05) is 17.7 Å². The first-order valence-corrected chi connectivity index (χ1v) is 11.3. The molecule has 1 amide bonds. The number of hydrogen-bond acceptors (Lipinski definition) is 7. The predicted molar refractivity (Wildman–Crippen MR) is 128 cm³/mol. The number of aromatic nitrogens is 1. The molecule has 33 heavy (non-hydrogen) atoms. The summed E-state index contributed by atoms with van der Waals surface area (Å²) in [6.45, 7) is 5.68. The molecule has 1 aliphatic rings. The third-order valence-electron chi connectivity index (χ3n) is 4.77. The largest absolute Gasteiger partial charge is 0.482 e. The zero-order valence-corrected chi connectivity index (χ0v) is 19.6. The average Bonchev–Trinajstić information content (AvgIpc) is 3.14. The van der Waals surface area contributed by atoms with Crippen molar-refractivity contribution in [2.75, 3.05) is 11.9 Å². The number of nitrogens with zero attached hydrogens (tertiary/aromatic N) is 4. The Morgan fingerprint density at radius 3 is 2.82 bits per heavy atom. The predicted octanol–water partition coefficient (Wildman–Crippen LogP) is 4.69. The number of carbonyl (C=O) groups is 1. The lowest BCUT2D eigenvalue weighted by Crippen LogP contribution is -2.25. The SMILES string of the molecule is CC(=Nn1c(-c2ccc3c(c2)NC(=O)CO3)csc1=NC(C)C)c1ccc(Cl)c([N+](=O)[O-])c1. The Hall–Kier alpha value is -3.50. The molecule has 1 N–H and O–H groups in total. The maximum Gasteiger partial charge on any atom is 0.288 e. The molecule has 11 heteroatoms. The van der Waals surface area contributed by atoms with Crippen molar-refractivity contribution < 1.29 is 14.5 Å². The summed E-state index contributed by atoms with van der Waals surface area (Å²) in [5.74, 6) is 0.381. The molecule has 0 fully saturated rings. The van der Waals surface area contributed by atoms with Gasteiger partial charge >= 0.3 is 0 Å². The monoisotopic (exact) mass is 485 g/mol. The molecule has 0 saturated heterocycles. The van der Waals surface area contributed by atoms with E-state index >= 15 is 0 Å². The van der Waals surface area contributed by atoms with Crippen molar-refractivity contribution >= 4 is 45.9 Å². The highest BCUT2D eigenvalue weighted by Crippen LogP contribution is 2.33. The Morgan fingerprint density at radius 2 is 2.09 bits per heavy atom. The van der Waals surface area contributed by atoms with Gasteiger partial charge in [0.15, 0.2) is 6.61 Å². The molecular weight excluding hydrogens is 466 g/mol. The Bertz CT molecular complexity index is 1360. The Balaban J connectivity index is 1.84. The summed E-state index contributed by atoms with van der Waals surface area (Å²) >= 11 is 7.38. The molecule has 0 spiro atoms. The molecule has 0 radical (unpaired) electrons. The van der Waals surface area contributed by atoms with Gasteiger partial charge in [-0.05, 0) is 45.0 Å². The van der Waals surface area contributed by atoms with Crippen molar-refractivity contribution in [3.63, 3.8) is 0 Å². The van der Waals surface area contributed by atoms with Gasteiger partial charge in [0.2, 0.25) is 4.80 Å². The fourth-order valence-electron chi connectivity index (χ4n) is 3.23. The number of hydrogen-bond donors (Lipinski definition) is 1. The lowest BCUT2D eigenvalue weighted by Gasteiger charge is -2.18. The molecule has 1 aliphatic heterocycles. The van der Waals surface area contributed by atoms with Crippen LogP contribution in [0.2, 0.25) is 5.02 Å². The van der Waals surface area contributed by atoms with Crippen LogP contribution in [-0.4, -0.2) is 33.9 Å². The summed E-state index contributed by atoms with van der Waals surface area (Å²) in [6, 6.07) is 10.1. The Labute approximate surface area is 198 Å². The van der Waals surface area contributed by atoms with Crippen LogP contribution in [0.25, 0.3) is 11.3 Å². The quantitative estimate of drug-likeness (QED) is 0.321. The molecule has 1 aromatic heterocycles. The summed E-state index contributed by atoms with van der Waals surface area (Å²) < 4.78 is 7.15. The number of anilines is 1. The Kier molecular flexibility index (Phi) is 6.30. The van der Waals surface area contributed by atoms with E-state index in [1.54, 1.807) is 23.7 Å². The van der Waals surface area contributed by atoms with Gasteiger partial charge < -0.3 is 10.1 Å². The topological polar surface area (TPSA) is 111 Å². The van der Waals surface area contributed by atoms with Gasteiger partial charge in [0, 0.05) is 28.6 Å². The van der Waals surface area contributed by atoms with Crippen LogP contribution in [0.1, 0.15) is 26.3 Å². The average molecular weight is 486 g/mol. The molecule has 4 rings (SSSR count). The normalized spacial score (nSPS) is 14.2. The lowest BCUT2D eigenvalue weighted by atomic mass is 10.1. The second-order valence-electron chi connectivity index (χ2n) is 7.59. The van der Waals surface area contributed by atoms with E-state index in [0.717, 1.165) is 11.3 Å². The van der Waals surface area contributed by atoms with E-state index in [1.807, 2.05) is 31.4 Å². The molecule has 9 nitrogen and oxygen atoms in total. The van der Waals surface area contributed by atoms with Crippen molar-refractivity contribution in [2.24, 2.45) is 10.1 Å². The number of rotatable bonds is 5. The van der Waals surface area contributed by atoms with Crippen LogP contribution in [0.15, 0.2) is 51.9 Å². The highest BCUT2D eigenvalue weighted by atomic mass is 35.5. The maximum atomic E-state index is 11.7. The minimum atomic E-state index is -0.523. The van der Waals surface area contributed by atoms with Gasteiger partial charge in [-0.3, -0.25) is 19.9 Å². The number of benzene rings is 2. The molecule has 2 aromatic carbocycles. The second kappa shape index (κ2) is 9.16. The van der Waals surface area contributed by atoms with Crippen LogP contribution in [0, 0.1) is 10.1 Å². The third-order valence-corrected chi connectivity index (χ3v) is 5.92. The van der Waals surface area contributed by atoms with Gasteiger partial charge in [-0.2, -0.15) is 5.10 Å². The summed E-state index contributed by atoms with van der Waals surface area (Å²) in [6.07, 6.45) is 0. The standard InChI is InChI=1S/C22H20ClN5O4S/c1-12(2)24-22-27(26-13(3)14-4-6-16(23)18(9-14)28(30)31)19(11-33-22)15-5-7-20-17(8-15)25-21(29)10-32-20/h4-9,11-12H,10H2,1-3H3,(H,25,29). The smallest absolute Gasteiger partial charge is 0.288 e. The van der Waals surface area contributed by atoms with Gasteiger partial charge in [-0.15, -0.1) is 11.3 Å². The van der Waals surface area contributed by atoms with Gasteiger partial charge in [-0.25, -0.2) is 4.68 Å². The minimum Gasteiger partial charge on any atom is -0.482 e. The number of fused-ring (bicyclic) bond motifs is 1. The Morgan fingerprint density at radius 1 is 1.30 bits per heavy atom. The first kappa shape index (κ1) is 22.7. The van der Waals surface area contributed by atoms with E-state index in [1.165, 1.54) is 23.5 Å². The van der Waals surface area contributed by atoms with Crippen molar-refractivity contribution in [1.82, 2.24) is 4.68 Å². The second-order valence-corrected chi connectivity index (χ2v) is 8.84. The molecule has 0 unspecified atom stereocenters. The number of nitrogens with one attached hydrogen (secondary N) is 1. The fraction of sp³-hybridized carbons (Fsp3) is 0.227. The van der Waals surface area contributed by atoms with E-state index in [9.17, 15) is 14.9 Å². The summed E-state index contributed by atoms with van der Waals surface area (Å²) in [4.78, 5) is 27.8. The molecule has 0 bridgehead atoms. The van der Waals surface area contributed by atoms with Gasteiger partial charge in [0.05, 0.1) is 22.0 Å². The van der Waals surface area contributed by atoms with E-state index in [-0.39, 0.29) is 29.3 Å². The number of ether oxygens (including phenoxy) is 1. The van der Waals surface area contributed by atoms with Crippen molar-refractivity contribution in [3.8, 4) is 17.0 Å². The van der Waals surface area contributed by atoms with Crippen molar-refractivity contribution in [2.45, 2.75) is 26.8 Å². The first-order chi connectivity index (χ1) is 15.7. The van der Waals surface area contributed by atoms with Crippen molar-refractivity contribution in [1.29, 1.82) is 0 Å². The van der Waals surface area contributed by atoms with Crippen LogP contribution in [0.4, 0.5) is 11.4 Å². The zero-order chi connectivity index (χ0) is 23.7. The zero-order valence-electron chi connectivity index (χ0n) is 18.0. The minimum absolute atomic E-state index is 0.0149. The number of carbonyl (C=O) groups excluding carboxylic acids is 1. The summed E-state index contributed by atoms with van der Waals surface area (Å²) in [7, 11) is 0. The van der Waals surface area contributed by atoms with Crippen LogP contribution >= 0.6 is 22.9 Å². The fourth-order valence-corrected chi connectivity index (χ4v) is 4.38. The third kappa shape index (κ3) is 4.81. The van der Waals surface area contributed by atoms with E-state index in [2.05, 4.69) is 10.3 Å². The van der Waals surface area contributed by atoms with Gasteiger partial charge in [0.1, 0.15) is 10.8 Å². The van der Waals surface area contributed by atoms with Crippen LogP contribution in [-0.2, 0) is 4.79 Å². The number of halogens is 1. The summed E-state index contributed by atoms with van der Waals surface area (Å²) in [5.41, 5.74) is 3.07. The van der Waals surface area contributed by atoms with E-state index in [4.69, 9.17) is 21.4 Å². The summed E-state index contributed by atoms with van der Waals surface area (Å²) in [5, 5.41) is 20.8. The van der Waals surface area contributed by atoms with Crippen LogP contribution in [0.3, 0.4) is 0 Å².